The van der Waals surface area contributed by atoms with Crippen LogP contribution in [0, 0.1) is 5.41 Å². The lowest BCUT2D eigenvalue weighted by molar-refractivity contribution is -0.137. The third-order valence-corrected chi connectivity index (χ3v) is 4.04. The zero-order valence-electron chi connectivity index (χ0n) is 11.6. The first-order valence-corrected chi connectivity index (χ1v) is 7.36. The number of carbonyl (C=O) groups is 1. The zero-order chi connectivity index (χ0) is 14.3. The Labute approximate surface area is 123 Å². The van der Waals surface area contributed by atoms with Crippen molar-refractivity contribution in [2.24, 2.45) is 5.41 Å². The molecule has 2 N–H and O–H groups in total. The molecule has 0 amide bonds. The van der Waals surface area contributed by atoms with Gasteiger partial charge in [-0.05, 0) is 36.4 Å². The fraction of sp³-hybridized carbons (Fsp3) is 0.533. The molecule has 0 aliphatic carbocycles. The number of rotatable bonds is 8. The van der Waals surface area contributed by atoms with Crippen molar-refractivity contribution in [3.8, 4) is 0 Å². The van der Waals surface area contributed by atoms with Gasteiger partial charge in [0.2, 0.25) is 0 Å². The number of hydrogen-bond acceptors (Lipinski definition) is 2. The van der Waals surface area contributed by atoms with Gasteiger partial charge < -0.3 is 10.4 Å². The molecule has 106 valence electrons. The van der Waals surface area contributed by atoms with Gasteiger partial charge in [-0.25, -0.2) is 0 Å². The summed E-state index contributed by atoms with van der Waals surface area (Å²) < 4.78 is 1.12. The summed E-state index contributed by atoms with van der Waals surface area (Å²) in [6, 6.07) is 8.15. The Morgan fingerprint density at radius 1 is 1.32 bits per heavy atom. The molecule has 0 aliphatic heterocycles. The van der Waals surface area contributed by atoms with E-state index in [0.717, 1.165) is 30.4 Å². The van der Waals surface area contributed by atoms with Gasteiger partial charge in [0.1, 0.15) is 0 Å². The highest BCUT2D eigenvalue weighted by Gasteiger charge is 2.18. The standard InChI is InChI=1S/C15H22BrNO2/c1-15(2,8-7-14(18)19)9-10-17-11-12-5-3-4-6-13(12)16/h3-6,17H,7-11H2,1-2H3,(H,18,19). The summed E-state index contributed by atoms with van der Waals surface area (Å²) in [6.45, 7) is 5.97. The summed E-state index contributed by atoms with van der Waals surface area (Å²) in [7, 11) is 0. The molecule has 0 saturated carbocycles. The first-order chi connectivity index (χ1) is 8.91. The Morgan fingerprint density at radius 2 is 2.00 bits per heavy atom. The topological polar surface area (TPSA) is 49.3 Å². The van der Waals surface area contributed by atoms with Crippen molar-refractivity contribution in [2.45, 2.75) is 39.7 Å². The summed E-state index contributed by atoms with van der Waals surface area (Å²) in [5.41, 5.74) is 1.31. The first-order valence-electron chi connectivity index (χ1n) is 6.57. The van der Waals surface area contributed by atoms with Crippen LogP contribution in [0.3, 0.4) is 0 Å². The number of carboxylic acid groups (broad SMARTS) is 1. The van der Waals surface area contributed by atoms with Crippen molar-refractivity contribution in [1.82, 2.24) is 5.32 Å². The molecule has 0 radical (unpaired) electrons. The summed E-state index contributed by atoms with van der Waals surface area (Å²) >= 11 is 3.52. The van der Waals surface area contributed by atoms with Crippen LogP contribution in [0.15, 0.2) is 28.7 Å². The third-order valence-electron chi connectivity index (χ3n) is 3.27. The molecule has 3 nitrogen and oxygen atoms in total. The van der Waals surface area contributed by atoms with Crippen molar-refractivity contribution in [3.63, 3.8) is 0 Å². The Balaban J connectivity index is 2.27. The quantitative estimate of drug-likeness (QED) is 0.713. The van der Waals surface area contributed by atoms with Gasteiger partial charge in [0.25, 0.3) is 0 Å². The van der Waals surface area contributed by atoms with Gasteiger partial charge in [0.15, 0.2) is 0 Å². The molecule has 0 aromatic heterocycles. The van der Waals surface area contributed by atoms with E-state index in [1.807, 2.05) is 18.2 Å². The van der Waals surface area contributed by atoms with Gasteiger partial charge in [0.05, 0.1) is 0 Å². The molecular weight excluding hydrogens is 306 g/mol. The fourth-order valence-electron chi connectivity index (χ4n) is 1.86. The van der Waals surface area contributed by atoms with Crippen LogP contribution in [0.2, 0.25) is 0 Å². The van der Waals surface area contributed by atoms with Crippen LogP contribution in [-0.4, -0.2) is 17.6 Å². The monoisotopic (exact) mass is 327 g/mol. The van der Waals surface area contributed by atoms with Gasteiger partial charge in [-0.3, -0.25) is 4.79 Å². The smallest absolute Gasteiger partial charge is 0.303 e. The minimum Gasteiger partial charge on any atom is -0.481 e. The predicted octanol–water partition coefficient (Wildman–Crippen LogP) is 3.82. The van der Waals surface area contributed by atoms with Crippen LogP contribution in [0.5, 0.6) is 0 Å². The molecule has 0 bridgehead atoms. The number of carboxylic acids is 1. The average Bonchev–Trinajstić information content (AvgIpc) is 2.34. The number of nitrogens with one attached hydrogen (secondary N) is 1. The first kappa shape index (κ1) is 16.2. The van der Waals surface area contributed by atoms with E-state index in [0.29, 0.717) is 0 Å². The van der Waals surface area contributed by atoms with Gasteiger partial charge in [-0.15, -0.1) is 0 Å². The van der Waals surface area contributed by atoms with Crippen molar-refractivity contribution in [3.05, 3.63) is 34.3 Å². The van der Waals surface area contributed by atoms with E-state index in [2.05, 4.69) is 41.2 Å². The average molecular weight is 328 g/mol. The van der Waals surface area contributed by atoms with Gasteiger partial charge in [0, 0.05) is 17.4 Å². The van der Waals surface area contributed by atoms with Crippen LogP contribution in [0.1, 0.15) is 38.7 Å². The lowest BCUT2D eigenvalue weighted by Crippen LogP contribution is -2.23. The Morgan fingerprint density at radius 3 is 2.63 bits per heavy atom. The molecule has 4 heteroatoms. The summed E-state index contributed by atoms with van der Waals surface area (Å²) in [4.78, 5) is 10.6. The highest BCUT2D eigenvalue weighted by atomic mass is 79.9. The SMILES string of the molecule is CC(C)(CCNCc1ccccc1Br)CCC(=O)O. The Bertz CT molecular complexity index is 418. The lowest BCUT2D eigenvalue weighted by Gasteiger charge is -2.24. The zero-order valence-corrected chi connectivity index (χ0v) is 13.2. The highest BCUT2D eigenvalue weighted by Crippen LogP contribution is 2.26. The van der Waals surface area contributed by atoms with E-state index in [-0.39, 0.29) is 11.8 Å². The van der Waals surface area contributed by atoms with E-state index in [1.165, 1.54) is 5.56 Å². The molecule has 19 heavy (non-hydrogen) atoms. The molecule has 0 fully saturated rings. The third kappa shape index (κ3) is 6.73. The van der Waals surface area contributed by atoms with E-state index in [9.17, 15) is 4.79 Å². The van der Waals surface area contributed by atoms with E-state index in [4.69, 9.17) is 5.11 Å². The summed E-state index contributed by atoms with van der Waals surface area (Å²) in [5.74, 6) is -0.714. The van der Waals surface area contributed by atoms with Crippen molar-refractivity contribution < 1.29 is 9.90 Å². The van der Waals surface area contributed by atoms with Crippen LogP contribution >= 0.6 is 15.9 Å². The van der Waals surface area contributed by atoms with E-state index >= 15 is 0 Å². The molecule has 0 spiro atoms. The summed E-state index contributed by atoms with van der Waals surface area (Å²) in [6.07, 6.45) is 1.95. The second-order valence-electron chi connectivity index (χ2n) is 5.58. The maximum absolute atomic E-state index is 10.6. The molecule has 1 rings (SSSR count). The maximum Gasteiger partial charge on any atom is 0.303 e. The number of halogens is 1. The molecule has 0 unspecified atom stereocenters. The van der Waals surface area contributed by atoms with E-state index in [1.54, 1.807) is 0 Å². The minimum absolute atomic E-state index is 0.0688. The van der Waals surface area contributed by atoms with Gasteiger partial charge in [-0.2, -0.15) is 0 Å². The van der Waals surface area contributed by atoms with Crippen LogP contribution in [0.4, 0.5) is 0 Å². The molecule has 0 atom stereocenters. The van der Waals surface area contributed by atoms with Crippen molar-refractivity contribution in [2.75, 3.05) is 6.54 Å². The summed E-state index contributed by atoms with van der Waals surface area (Å²) in [5, 5.41) is 12.1. The molecule has 0 aliphatic rings. The van der Waals surface area contributed by atoms with Crippen LogP contribution in [0.25, 0.3) is 0 Å². The van der Waals surface area contributed by atoms with Gasteiger partial charge >= 0.3 is 5.97 Å². The Hall–Kier alpha value is -0.870. The second kappa shape index (κ2) is 7.65. The lowest BCUT2D eigenvalue weighted by atomic mass is 9.84. The number of aliphatic carboxylic acids is 1. The maximum atomic E-state index is 10.6. The largest absolute Gasteiger partial charge is 0.481 e. The van der Waals surface area contributed by atoms with Crippen molar-refractivity contribution >= 4 is 21.9 Å². The van der Waals surface area contributed by atoms with Crippen LogP contribution < -0.4 is 5.32 Å². The highest BCUT2D eigenvalue weighted by molar-refractivity contribution is 9.10. The minimum atomic E-state index is -0.714. The Kier molecular flexibility index (Phi) is 6.52. The fourth-order valence-corrected chi connectivity index (χ4v) is 2.29. The van der Waals surface area contributed by atoms with Crippen molar-refractivity contribution in [1.29, 1.82) is 0 Å². The second-order valence-corrected chi connectivity index (χ2v) is 6.43. The number of hydrogen-bond donors (Lipinski definition) is 2. The van der Waals surface area contributed by atoms with E-state index < -0.39 is 5.97 Å². The molecular formula is C15H22BrNO2. The molecule has 1 aromatic rings. The molecule has 0 heterocycles. The molecule has 0 saturated heterocycles. The number of benzene rings is 1. The predicted molar refractivity (Wildman–Crippen MR) is 81.1 cm³/mol. The van der Waals surface area contributed by atoms with Crippen LogP contribution in [-0.2, 0) is 11.3 Å². The van der Waals surface area contributed by atoms with Gasteiger partial charge in [-0.1, -0.05) is 48.0 Å². The normalized spacial score (nSPS) is 11.5. The molecule has 1 aromatic carbocycles.